The fraction of sp³-hybridized carbons (Fsp3) is 0.611. The Labute approximate surface area is 143 Å². The number of hydrogen-bond acceptors (Lipinski definition) is 4. The lowest BCUT2D eigenvalue weighted by atomic mass is 9.95. The molecule has 0 radical (unpaired) electrons. The van der Waals surface area contributed by atoms with Crippen LogP contribution >= 0.6 is 0 Å². The Balaban J connectivity index is 1.93. The van der Waals surface area contributed by atoms with Gasteiger partial charge in [-0.2, -0.15) is 0 Å². The maximum absolute atomic E-state index is 12.5. The van der Waals surface area contributed by atoms with Gasteiger partial charge in [0, 0.05) is 19.3 Å². The first kappa shape index (κ1) is 18.4. The molecular weight excluding hydrogens is 304 g/mol. The summed E-state index contributed by atoms with van der Waals surface area (Å²) in [4.78, 5) is 30.8. The van der Waals surface area contributed by atoms with Crippen LogP contribution in [0.25, 0.3) is 0 Å². The van der Waals surface area contributed by atoms with Gasteiger partial charge in [-0.25, -0.2) is 4.98 Å². The summed E-state index contributed by atoms with van der Waals surface area (Å²) in [7, 11) is 0. The van der Waals surface area contributed by atoms with Gasteiger partial charge in [0.1, 0.15) is 5.82 Å². The molecule has 3 N–H and O–H groups in total. The molecule has 0 saturated carbocycles. The minimum Gasteiger partial charge on any atom is -0.341 e. The van der Waals surface area contributed by atoms with E-state index in [-0.39, 0.29) is 17.7 Å². The average Bonchev–Trinajstić information content (AvgIpc) is 2.55. The molecule has 6 heteroatoms. The third kappa shape index (κ3) is 5.03. The van der Waals surface area contributed by atoms with Crippen LogP contribution in [0.3, 0.4) is 0 Å². The quantitative estimate of drug-likeness (QED) is 0.862. The molecule has 2 heterocycles. The first-order chi connectivity index (χ1) is 11.4. The van der Waals surface area contributed by atoms with Crippen LogP contribution in [0.2, 0.25) is 0 Å². The van der Waals surface area contributed by atoms with Crippen molar-refractivity contribution >= 4 is 17.6 Å². The summed E-state index contributed by atoms with van der Waals surface area (Å²) in [5, 5.41) is 2.84. The second-order valence-electron chi connectivity index (χ2n) is 7.07. The van der Waals surface area contributed by atoms with E-state index in [4.69, 9.17) is 5.73 Å². The van der Waals surface area contributed by atoms with Crippen molar-refractivity contribution in [1.29, 1.82) is 0 Å². The van der Waals surface area contributed by atoms with E-state index in [1.807, 2.05) is 26.8 Å². The van der Waals surface area contributed by atoms with Crippen LogP contribution < -0.4 is 11.1 Å². The number of aromatic nitrogens is 1. The molecule has 1 unspecified atom stereocenters. The molecule has 0 aliphatic carbocycles. The molecule has 2 rings (SSSR count). The second kappa shape index (κ2) is 8.24. The van der Waals surface area contributed by atoms with Crippen LogP contribution in [-0.2, 0) is 9.59 Å². The lowest BCUT2D eigenvalue weighted by Crippen LogP contribution is -2.50. The average molecular weight is 332 g/mol. The maximum Gasteiger partial charge on any atom is 0.239 e. The summed E-state index contributed by atoms with van der Waals surface area (Å²) in [5.41, 5.74) is 7.05. The molecule has 2 atom stereocenters. The van der Waals surface area contributed by atoms with Crippen molar-refractivity contribution in [1.82, 2.24) is 9.88 Å². The van der Waals surface area contributed by atoms with Gasteiger partial charge in [-0.1, -0.05) is 19.9 Å². The molecule has 6 nitrogen and oxygen atoms in total. The highest BCUT2D eigenvalue weighted by Crippen LogP contribution is 2.20. The van der Waals surface area contributed by atoms with Gasteiger partial charge in [0.05, 0.1) is 12.0 Å². The molecule has 1 aromatic heterocycles. The van der Waals surface area contributed by atoms with Crippen molar-refractivity contribution in [2.24, 2.45) is 17.6 Å². The highest BCUT2D eigenvalue weighted by atomic mass is 16.2. The summed E-state index contributed by atoms with van der Waals surface area (Å²) >= 11 is 0. The summed E-state index contributed by atoms with van der Waals surface area (Å²) in [5.74, 6) is 0.582. The lowest BCUT2D eigenvalue weighted by molar-refractivity contribution is -0.136. The van der Waals surface area contributed by atoms with Gasteiger partial charge in [-0.3, -0.25) is 9.59 Å². The van der Waals surface area contributed by atoms with Gasteiger partial charge in [0.2, 0.25) is 11.8 Å². The summed E-state index contributed by atoms with van der Waals surface area (Å²) in [6, 6.07) is 3.22. The molecule has 1 aromatic rings. The van der Waals surface area contributed by atoms with Crippen LogP contribution in [0.1, 0.15) is 38.7 Å². The van der Waals surface area contributed by atoms with E-state index in [1.165, 1.54) is 0 Å². The number of nitrogens with zero attached hydrogens (tertiary/aromatic N) is 2. The summed E-state index contributed by atoms with van der Waals surface area (Å²) in [6.07, 6.45) is 3.98. The van der Waals surface area contributed by atoms with Crippen molar-refractivity contribution in [2.45, 2.75) is 46.1 Å². The Morgan fingerprint density at radius 2 is 2.17 bits per heavy atom. The minimum atomic E-state index is -0.481. The van der Waals surface area contributed by atoms with Gasteiger partial charge in [-0.05, 0) is 43.7 Å². The molecule has 1 saturated heterocycles. The van der Waals surface area contributed by atoms with E-state index >= 15 is 0 Å². The fourth-order valence-corrected chi connectivity index (χ4v) is 3.00. The topological polar surface area (TPSA) is 88.3 Å². The number of nitrogens with one attached hydrogen (secondary N) is 1. The van der Waals surface area contributed by atoms with E-state index in [0.29, 0.717) is 31.2 Å². The highest BCUT2D eigenvalue weighted by molar-refractivity contribution is 5.92. The van der Waals surface area contributed by atoms with Crippen LogP contribution in [0.15, 0.2) is 18.3 Å². The number of rotatable bonds is 5. The molecule has 2 amide bonds. The number of pyridine rings is 1. The van der Waals surface area contributed by atoms with Crippen molar-refractivity contribution < 1.29 is 9.59 Å². The smallest absolute Gasteiger partial charge is 0.239 e. The second-order valence-corrected chi connectivity index (χ2v) is 7.07. The number of carbonyl (C=O) groups is 2. The first-order valence-electron chi connectivity index (χ1n) is 8.64. The minimum absolute atomic E-state index is 0.0466. The van der Waals surface area contributed by atoms with Crippen LogP contribution in [0.4, 0.5) is 5.82 Å². The SMILES string of the molecule is Cc1ccc(NC(=O)C2CCCN(C(=O)[C@@H](N)CC(C)C)C2)nc1. The van der Waals surface area contributed by atoms with Gasteiger partial charge in [0.15, 0.2) is 0 Å². The van der Waals surface area contributed by atoms with E-state index < -0.39 is 6.04 Å². The molecule has 24 heavy (non-hydrogen) atoms. The zero-order valence-electron chi connectivity index (χ0n) is 14.8. The molecule has 1 aliphatic heterocycles. The Morgan fingerprint density at radius 3 is 2.79 bits per heavy atom. The highest BCUT2D eigenvalue weighted by Gasteiger charge is 2.30. The van der Waals surface area contributed by atoms with Crippen LogP contribution in [0.5, 0.6) is 0 Å². The Kier molecular flexibility index (Phi) is 6.31. The number of piperidine rings is 1. The number of nitrogens with two attached hydrogens (primary N) is 1. The molecule has 1 aliphatic rings. The zero-order chi connectivity index (χ0) is 17.7. The number of amides is 2. The normalized spacial score (nSPS) is 19.2. The lowest BCUT2D eigenvalue weighted by Gasteiger charge is -2.33. The van der Waals surface area contributed by atoms with Crippen molar-refractivity contribution in [3.8, 4) is 0 Å². The van der Waals surface area contributed by atoms with E-state index in [1.54, 1.807) is 17.2 Å². The third-order valence-electron chi connectivity index (χ3n) is 4.31. The zero-order valence-corrected chi connectivity index (χ0v) is 14.8. The Bertz CT molecular complexity index is 571. The van der Waals surface area contributed by atoms with Crippen molar-refractivity contribution in [3.05, 3.63) is 23.9 Å². The summed E-state index contributed by atoms with van der Waals surface area (Å²) in [6.45, 7) is 7.16. The first-order valence-corrected chi connectivity index (χ1v) is 8.64. The van der Waals surface area contributed by atoms with Crippen molar-refractivity contribution in [3.63, 3.8) is 0 Å². The van der Waals surface area contributed by atoms with Gasteiger partial charge >= 0.3 is 0 Å². The predicted molar refractivity (Wildman–Crippen MR) is 94.3 cm³/mol. The van der Waals surface area contributed by atoms with Crippen molar-refractivity contribution in [2.75, 3.05) is 18.4 Å². The maximum atomic E-state index is 12.5. The summed E-state index contributed by atoms with van der Waals surface area (Å²) < 4.78 is 0. The molecule has 0 bridgehead atoms. The molecule has 1 fully saturated rings. The van der Waals surface area contributed by atoms with E-state index in [9.17, 15) is 9.59 Å². The number of anilines is 1. The standard InChI is InChI=1S/C18H28N4O2/c1-12(2)9-15(19)18(24)22-8-4-5-14(11-22)17(23)21-16-7-6-13(3)10-20-16/h6-7,10,12,14-15H,4-5,8-9,11,19H2,1-3H3,(H,20,21,23)/t14?,15-/m0/s1. The molecule has 0 aromatic carbocycles. The number of likely N-dealkylation sites (tertiary alicyclic amines) is 1. The van der Waals surface area contributed by atoms with Gasteiger partial charge in [0.25, 0.3) is 0 Å². The third-order valence-corrected chi connectivity index (χ3v) is 4.31. The number of hydrogen-bond donors (Lipinski definition) is 2. The van der Waals surface area contributed by atoms with Gasteiger partial charge < -0.3 is 16.0 Å². The Morgan fingerprint density at radius 1 is 1.42 bits per heavy atom. The molecule has 0 spiro atoms. The molecule has 132 valence electrons. The number of carbonyl (C=O) groups excluding carboxylic acids is 2. The van der Waals surface area contributed by atoms with Crippen LogP contribution in [0, 0.1) is 18.8 Å². The van der Waals surface area contributed by atoms with Crippen LogP contribution in [-0.4, -0.2) is 40.8 Å². The fourth-order valence-electron chi connectivity index (χ4n) is 3.00. The predicted octanol–water partition coefficient (Wildman–Crippen LogP) is 1.94. The van der Waals surface area contributed by atoms with E-state index in [2.05, 4.69) is 10.3 Å². The molecular formula is C18H28N4O2. The monoisotopic (exact) mass is 332 g/mol. The number of aryl methyl sites for hydroxylation is 1. The van der Waals surface area contributed by atoms with Gasteiger partial charge in [-0.15, -0.1) is 0 Å². The Hall–Kier alpha value is -1.95. The largest absolute Gasteiger partial charge is 0.341 e. The van der Waals surface area contributed by atoms with E-state index in [0.717, 1.165) is 18.4 Å².